The van der Waals surface area contributed by atoms with Crippen LogP contribution >= 0.6 is 0 Å². The minimum Gasteiger partial charge on any atom is -0.497 e. The summed E-state index contributed by atoms with van der Waals surface area (Å²) >= 11 is 0. The molecule has 1 aromatic carbocycles. The Hall–Kier alpha value is -1.42. The van der Waals surface area contributed by atoms with Crippen molar-refractivity contribution in [2.24, 2.45) is 5.92 Å². The molecule has 0 amide bonds. The van der Waals surface area contributed by atoms with Gasteiger partial charge in [0, 0.05) is 19.2 Å². The number of benzene rings is 1. The van der Waals surface area contributed by atoms with Gasteiger partial charge in [-0.1, -0.05) is 6.92 Å². The molecule has 2 rings (SSSR count). The van der Waals surface area contributed by atoms with Crippen LogP contribution in [0.25, 0.3) is 0 Å². The fourth-order valence-corrected chi connectivity index (χ4v) is 2.82. The van der Waals surface area contributed by atoms with Crippen molar-refractivity contribution >= 4 is 5.69 Å². The van der Waals surface area contributed by atoms with Crippen molar-refractivity contribution in [3.05, 3.63) is 18.2 Å². The van der Waals surface area contributed by atoms with Crippen molar-refractivity contribution in [3.63, 3.8) is 0 Å². The zero-order chi connectivity index (χ0) is 14.4. The highest BCUT2D eigenvalue weighted by molar-refractivity contribution is 5.61. The quantitative estimate of drug-likeness (QED) is 0.777. The number of hydrogen-bond donors (Lipinski definition) is 1. The first kappa shape index (κ1) is 15.0. The van der Waals surface area contributed by atoms with E-state index in [1.165, 1.54) is 18.5 Å². The van der Waals surface area contributed by atoms with Crippen LogP contribution in [-0.2, 0) is 0 Å². The first-order valence-corrected chi connectivity index (χ1v) is 7.46. The second-order valence-corrected chi connectivity index (χ2v) is 5.28. The number of rotatable bonds is 7. The Balaban J connectivity index is 1.98. The van der Waals surface area contributed by atoms with Crippen LogP contribution in [0.5, 0.6) is 11.5 Å². The van der Waals surface area contributed by atoms with Crippen molar-refractivity contribution in [2.45, 2.75) is 19.8 Å². The van der Waals surface area contributed by atoms with E-state index in [1.54, 1.807) is 14.2 Å². The second kappa shape index (κ2) is 7.39. The van der Waals surface area contributed by atoms with Crippen LogP contribution < -0.4 is 19.7 Å². The second-order valence-electron chi connectivity index (χ2n) is 5.28. The van der Waals surface area contributed by atoms with Gasteiger partial charge < -0.3 is 19.7 Å². The minimum absolute atomic E-state index is 0.779. The summed E-state index contributed by atoms with van der Waals surface area (Å²) in [6.45, 7) is 6.56. The van der Waals surface area contributed by atoms with Gasteiger partial charge in [-0.15, -0.1) is 0 Å². The molecule has 20 heavy (non-hydrogen) atoms. The van der Waals surface area contributed by atoms with E-state index in [1.807, 2.05) is 12.1 Å². The molecule has 1 heterocycles. The van der Waals surface area contributed by atoms with E-state index in [9.17, 15) is 0 Å². The Labute approximate surface area is 122 Å². The summed E-state index contributed by atoms with van der Waals surface area (Å²) in [6, 6.07) is 6.06. The molecule has 112 valence electrons. The van der Waals surface area contributed by atoms with Gasteiger partial charge in [-0.3, -0.25) is 0 Å². The van der Waals surface area contributed by atoms with Gasteiger partial charge in [0.15, 0.2) is 0 Å². The summed E-state index contributed by atoms with van der Waals surface area (Å²) in [5.41, 5.74) is 1.18. The Morgan fingerprint density at radius 2 is 2.15 bits per heavy atom. The van der Waals surface area contributed by atoms with Gasteiger partial charge in [0.05, 0.1) is 19.9 Å². The fraction of sp³-hybridized carbons (Fsp3) is 0.625. The van der Waals surface area contributed by atoms with Crippen molar-refractivity contribution < 1.29 is 9.47 Å². The molecule has 0 aromatic heterocycles. The Morgan fingerprint density at radius 3 is 2.85 bits per heavy atom. The molecular weight excluding hydrogens is 252 g/mol. The molecule has 0 aliphatic carbocycles. The van der Waals surface area contributed by atoms with Crippen molar-refractivity contribution in [2.75, 3.05) is 45.3 Å². The van der Waals surface area contributed by atoms with E-state index in [2.05, 4.69) is 23.2 Å². The summed E-state index contributed by atoms with van der Waals surface area (Å²) in [6.07, 6.45) is 2.52. The van der Waals surface area contributed by atoms with E-state index in [4.69, 9.17) is 9.47 Å². The van der Waals surface area contributed by atoms with Crippen LogP contribution in [0, 0.1) is 5.92 Å². The third-order valence-electron chi connectivity index (χ3n) is 3.99. The lowest BCUT2D eigenvalue weighted by Gasteiger charge is -2.22. The molecule has 0 radical (unpaired) electrons. The van der Waals surface area contributed by atoms with Crippen LogP contribution in [0.2, 0.25) is 0 Å². The topological polar surface area (TPSA) is 33.7 Å². The predicted molar refractivity (Wildman–Crippen MR) is 83.0 cm³/mol. The van der Waals surface area contributed by atoms with Gasteiger partial charge in [-0.05, 0) is 44.0 Å². The first-order valence-electron chi connectivity index (χ1n) is 7.46. The minimum atomic E-state index is 0.779. The molecule has 4 heteroatoms. The third kappa shape index (κ3) is 3.57. The molecule has 1 aliphatic rings. The summed E-state index contributed by atoms with van der Waals surface area (Å²) in [7, 11) is 3.40. The zero-order valence-electron chi connectivity index (χ0n) is 12.8. The summed E-state index contributed by atoms with van der Waals surface area (Å²) in [4.78, 5) is 2.43. The summed E-state index contributed by atoms with van der Waals surface area (Å²) in [5, 5.41) is 3.41. The molecule has 4 nitrogen and oxygen atoms in total. The molecule has 1 aromatic rings. The largest absolute Gasteiger partial charge is 0.497 e. The maximum atomic E-state index is 5.50. The van der Waals surface area contributed by atoms with E-state index < -0.39 is 0 Å². The molecule has 1 unspecified atom stereocenters. The molecule has 1 N–H and O–H groups in total. The van der Waals surface area contributed by atoms with Crippen LogP contribution in [0.15, 0.2) is 18.2 Å². The van der Waals surface area contributed by atoms with Crippen LogP contribution in [0.1, 0.15) is 19.8 Å². The van der Waals surface area contributed by atoms with Crippen LogP contribution in [-0.4, -0.2) is 40.4 Å². The maximum absolute atomic E-state index is 5.50. The predicted octanol–water partition coefficient (Wildman–Crippen LogP) is 2.53. The highest BCUT2D eigenvalue weighted by atomic mass is 16.5. The fourth-order valence-electron chi connectivity index (χ4n) is 2.82. The Kier molecular flexibility index (Phi) is 5.53. The van der Waals surface area contributed by atoms with Gasteiger partial charge in [-0.2, -0.15) is 0 Å². The average molecular weight is 278 g/mol. The van der Waals surface area contributed by atoms with Crippen molar-refractivity contribution in [1.29, 1.82) is 0 Å². The third-order valence-corrected chi connectivity index (χ3v) is 3.99. The molecule has 1 aliphatic heterocycles. The van der Waals surface area contributed by atoms with Gasteiger partial charge in [0.1, 0.15) is 11.5 Å². The van der Waals surface area contributed by atoms with E-state index >= 15 is 0 Å². The van der Waals surface area contributed by atoms with Gasteiger partial charge in [0.2, 0.25) is 0 Å². The molecular formula is C16H26N2O2. The number of hydrogen-bond acceptors (Lipinski definition) is 4. The lowest BCUT2D eigenvalue weighted by atomic mass is 10.1. The number of anilines is 1. The average Bonchev–Trinajstić information content (AvgIpc) is 2.95. The highest BCUT2D eigenvalue weighted by Crippen LogP contribution is 2.35. The number of nitrogens with zero attached hydrogens (tertiary/aromatic N) is 1. The van der Waals surface area contributed by atoms with E-state index in [0.717, 1.165) is 43.6 Å². The molecule has 0 saturated carbocycles. The monoisotopic (exact) mass is 278 g/mol. The SMILES string of the molecule is CCNCCC1CCN(c2ccc(OC)cc2OC)C1. The normalized spacial score (nSPS) is 18.4. The Morgan fingerprint density at radius 1 is 1.30 bits per heavy atom. The molecule has 0 spiro atoms. The van der Waals surface area contributed by atoms with Gasteiger partial charge in [-0.25, -0.2) is 0 Å². The van der Waals surface area contributed by atoms with Crippen LogP contribution in [0.4, 0.5) is 5.69 Å². The lowest BCUT2D eigenvalue weighted by Crippen LogP contribution is -2.22. The van der Waals surface area contributed by atoms with Crippen molar-refractivity contribution in [1.82, 2.24) is 5.32 Å². The number of nitrogens with one attached hydrogen (secondary N) is 1. The van der Waals surface area contributed by atoms with E-state index in [0.29, 0.717) is 0 Å². The van der Waals surface area contributed by atoms with Crippen molar-refractivity contribution in [3.8, 4) is 11.5 Å². The summed E-state index contributed by atoms with van der Waals surface area (Å²) < 4.78 is 10.8. The van der Waals surface area contributed by atoms with E-state index in [-0.39, 0.29) is 0 Å². The summed E-state index contributed by atoms with van der Waals surface area (Å²) in [5.74, 6) is 2.52. The van der Waals surface area contributed by atoms with Gasteiger partial charge >= 0.3 is 0 Å². The molecule has 1 atom stereocenters. The first-order chi connectivity index (χ1) is 9.78. The smallest absolute Gasteiger partial charge is 0.145 e. The van der Waals surface area contributed by atoms with Gasteiger partial charge in [0.25, 0.3) is 0 Å². The molecule has 0 bridgehead atoms. The van der Waals surface area contributed by atoms with Crippen LogP contribution in [0.3, 0.4) is 0 Å². The standard InChI is InChI=1S/C16H26N2O2/c1-4-17-9-7-13-8-10-18(12-13)15-6-5-14(19-2)11-16(15)20-3/h5-6,11,13,17H,4,7-10,12H2,1-3H3. The Bertz CT molecular complexity index is 423. The molecule has 1 saturated heterocycles. The lowest BCUT2D eigenvalue weighted by molar-refractivity contribution is 0.394. The number of ether oxygens (including phenoxy) is 2. The number of methoxy groups -OCH3 is 2. The molecule has 1 fully saturated rings. The maximum Gasteiger partial charge on any atom is 0.145 e. The zero-order valence-corrected chi connectivity index (χ0v) is 12.8. The highest BCUT2D eigenvalue weighted by Gasteiger charge is 2.24.